The van der Waals surface area contributed by atoms with Gasteiger partial charge >= 0.3 is 0 Å². The minimum Gasteiger partial charge on any atom is -0.333 e. The van der Waals surface area contributed by atoms with Crippen LogP contribution in [0.5, 0.6) is 0 Å². The van der Waals surface area contributed by atoms with E-state index in [-0.39, 0.29) is 22.3 Å². The fourth-order valence-corrected chi connectivity index (χ4v) is 8.82. The first kappa shape index (κ1) is 31.4. The second kappa shape index (κ2) is 11.5. The SMILES string of the molecule is CC(C)(c1ccc(N2c3ccccc3C3(C)C=CC=CC23)cc1)c1ccc(C(C)(C)c2ccc(-n3c4ccccc4c4ccccc43)cc2)cc1. The normalized spacial score (nSPS) is 18.4. The van der Waals surface area contributed by atoms with Crippen LogP contribution in [-0.4, -0.2) is 10.6 Å². The van der Waals surface area contributed by atoms with Gasteiger partial charge in [0.1, 0.15) is 0 Å². The van der Waals surface area contributed by atoms with E-state index in [9.17, 15) is 0 Å². The number of rotatable bonds is 6. The van der Waals surface area contributed by atoms with Crippen molar-refractivity contribution in [2.24, 2.45) is 0 Å². The van der Waals surface area contributed by atoms with E-state index in [2.05, 4.69) is 214 Å². The molecular formula is C49H44N2. The maximum atomic E-state index is 2.51. The van der Waals surface area contributed by atoms with Crippen molar-refractivity contribution in [2.45, 2.75) is 56.9 Å². The zero-order valence-corrected chi connectivity index (χ0v) is 30.1. The van der Waals surface area contributed by atoms with Gasteiger partial charge in [0, 0.05) is 44.1 Å². The largest absolute Gasteiger partial charge is 0.333 e. The zero-order chi connectivity index (χ0) is 35.0. The van der Waals surface area contributed by atoms with E-state index in [0.717, 1.165) is 0 Å². The van der Waals surface area contributed by atoms with Crippen molar-refractivity contribution < 1.29 is 0 Å². The highest BCUT2D eigenvalue weighted by atomic mass is 15.2. The number of allylic oxidation sites excluding steroid dienone is 2. The van der Waals surface area contributed by atoms with E-state index in [0.29, 0.717) is 0 Å². The lowest BCUT2D eigenvalue weighted by molar-refractivity contribution is 0.550. The second-order valence-electron chi connectivity index (χ2n) is 15.6. The van der Waals surface area contributed by atoms with Crippen molar-refractivity contribution in [3.05, 3.63) is 198 Å². The maximum Gasteiger partial charge on any atom is 0.0655 e. The van der Waals surface area contributed by atoms with Gasteiger partial charge in [0.2, 0.25) is 0 Å². The molecule has 2 nitrogen and oxygen atoms in total. The first-order valence-corrected chi connectivity index (χ1v) is 18.2. The lowest BCUT2D eigenvalue weighted by Crippen LogP contribution is -2.39. The molecule has 1 aromatic heterocycles. The summed E-state index contributed by atoms with van der Waals surface area (Å²) in [5.41, 5.74) is 12.5. The summed E-state index contributed by atoms with van der Waals surface area (Å²) in [5.74, 6) is 0. The molecule has 6 aromatic carbocycles. The minimum atomic E-state index is -0.146. The van der Waals surface area contributed by atoms with E-state index >= 15 is 0 Å². The third kappa shape index (κ3) is 4.77. The van der Waals surface area contributed by atoms with Gasteiger partial charge < -0.3 is 9.47 Å². The Kier molecular flexibility index (Phi) is 7.06. The summed E-state index contributed by atoms with van der Waals surface area (Å²) >= 11 is 0. The number of nitrogens with zero attached hydrogens (tertiary/aromatic N) is 2. The van der Waals surface area contributed by atoms with Crippen LogP contribution >= 0.6 is 0 Å². The molecule has 0 fully saturated rings. The molecule has 9 rings (SSSR count). The van der Waals surface area contributed by atoms with E-state index in [1.165, 1.54) is 66.7 Å². The molecule has 250 valence electrons. The fourth-order valence-electron chi connectivity index (χ4n) is 8.82. The average Bonchev–Trinajstić information content (AvgIpc) is 3.64. The Hall–Kier alpha value is -5.60. The zero-order valence-electron chi connectivity index (χ0n) is 30.1. The van der Waals surface area contributed by atoms with Gasteiger partial charge in [0.05, 0.1) is 17.1 Å². The quantitative estimate of drug-likeness (QED) is 0.172. The number of benzene rings is 6. The van der Waals surface area contributed by atoms with Crippen LogP contribution in [-0.2, 0) is 16.2 Å². The first-order valence-electron chi connectivity index (χ1n) is 18.2. The first-order chi connectivity index (χ1) is 24.7. The van der Waals surface area contributed by atoms with Crippen molar-refractivity contribution in [3.63, 3.8) is 0 Å². The fraction of sp³-hybridized carbons (Fsp3) is 0.184. The van der Waals surface area contributed by atoms with Crippen LogP contribution in [0, 0.1) is 0 Å². The van der Waals surface area contributed by atoms with E-state index in [1.54, 1.807) is 0 Å². The van der Waals surface area contributed by atoms with Crippen LogP contribution in [0.1, 0.15) is 62.4 Å². The molecule has 0 radical (unpaired) electrons. The summed E-state index contributed by atoms with van der Waals surface area (Å²) in [7, 11) is 0. The van der Waals surface area contributed by atoms with Crippen LogP contribution in [0.25, 0.3) is 27.5 Å². The van der Waals surface area contributed by atoms with E-state index < -0.39 is 0 Å². The molecule has 0 bridgehead atoms. The van der Waals surface area contributed by atoms with Crippen LogP contribution in [0.15, 0.2) is 170 Å². The molecule has 1 aliphatic carbocycles. The molecule has 0 saturated carbocycles. The smallest absolute Gasteiger partial charge is 0.0655 e. The number of hydrogen-bond acceptors (Lipinski definition) is 1. The van der Waals surface area contributed by atoms with Gasteiger partial charge in [-0.3, -0.25) is 0 Å². The highest BCUT2D eigenvalue weighted by Crippen LogP contribution is 2.51. The summed E-state index contributed by atoms with van der Waals surface area (Å²) < 4.78 is 2.39. The van der Waals surface area contributed by atoms with Crippen LogP contribution in [0.4, 0.5) is 11.4 Å². The number of anilines is 2. The molecule has 0 spiro atoms. The predicted octanol–water partition coefficient (Wildman–Crippen LogP) is 12.3. The molecule has 1 aliphatic heterocycles. The van der Waals surface area contributed by atoms with Gasteiger partial charge in [0.15, 0.2) is 0 Å². The maximum absolute atomic E-state index is 2.51. The number of hydrogen-bond donors (Lipinski definition) is 0. The lowest BCUT2D eigenvalue weighted by Gasteiger charge is -2.35. The van der Waals surface area contributed by atoms with Gasteiger partial charge in [-0.05, 0) is 77.2 Å². The predicted molar refractivity (Wildman–Crippen MR) is 216 cm³/mol. The molecule has 0 saturated heterocycles. The minimum absolute atomic E-state index is 0.0345. The number of fused-ring (bicyclic) bond motifs is 6. The van der Waals surface area contributed by atoms with Gasteiger partial charge in [-0.2, -0.15) is 0 Å². The Morgan fingerprint density at radius 2 is 0.941 bits per heavy atom. The average molecular weight is 661 g/mol. The molecule has 2 atom stereocenters. The summed E-state index contributed by atoms with van der Waals surface area (Å²) in [6.45, 7) is 11.7. The summed E-state index contributed by atoms with van der Waals surface area (Å²) in [6, 6.07) is 54.3. The highest BCUT2D eigenvalue weighted by Gasteiger charge is 2.46. The Bertz CT molecular complexity index is 2420. The molecule has 2 unspecified atom stereocenters. The van der Waals surface area contributed by atoms with Crippen LogP contribution < -0.4 is 4.90 Å². The summed E-state index contributed by atoms with van der Waals surface area (Å²) in [6.07, 6.45) is 9.09. The monoisotopic (exact) mass is 660 g/mol. The molecule has 2 heterocycles. The Balaban J connectivity index is 0.975. The van der Waals surface area contributed by atoms with Crippen molar-refractivity contribution in [3.8, 4) is 5.69 Å². The number of aromatic nitrogens is 1. The number of para-hydroxylation sites is 3. The Morgan fingerprint density at radius 1 is 0.490 bits per heavy atom. The van der Waals surface area contributed by atoms with Crippen molar-refractivity contribution in [2.75, 3.05) is 4.90 Å². The molecule has 7 aromatic rings. The molecular weight excluding hydrogens is 617 g/mol. The highest BCUT2D eigenvalue weighted by molar-refractivity contribution is 6.09. The second-order valence-corrected chi connectivity index (χ2v) is 15.6. The van der Waals surface area contributed by atoms with Gasteiger partial charge in [-0.15, -0.1) is 0 Å². The van der Waals surface area contributed by atoms with Gasteiger partial charge in [0.25, 0.3) is 0 Å². The van der Waals surface area contributed by atoms with Crippen molar-refractivity contribution >= 4 is 33.2 Å². The Labute approximate surface area is 302 Å². The third-order valence-corrected chi connectivity index (χ3v) is 12.1. The topological polar surface area (TPSA) is 8.17 Å². The molecule has 2 aliphatic rings. The van der Waals surface area contributed by atoms with E-state index in [1.807, 2.05) is 0 Å². The standard InChI is InChI=1S/C49H44N2/c1-47(2,36-25-29-38(30-26-36)50-43-17-9-6-14-40(43)41-15-7-10-18-44(41)50)34-21-23-35(24-22-34)48(3,4)37-27-31-39(32-28-37)51-45-19-11-8-16-42(45)49(5)33-13-12-20-46(49)51/h6-33,46H,1-5H3. The molecule has 0 N–H and O–H groups in total. The Morgan fingerprint density at radius 3 is 1.49 bits per heavy atom. The third-order valence-electron chi connectivity index (χ3n) is 12.1. The van der Waals surface area contributed by atoms with Crippen molar-refractivity contribution in [1.29, 1.82) is 0 Å². The van der Waals surface area contributed by atoms with Crippen molar-refractivity contribution in [1.82, 2.24) is 4.57 Å². The molecule has 2 heteroatoms. The lowest BCUT2D eigenvalue weighted by atomic mass is 9.74. The van der Waals surface area contributed by atoms with Crippen LogP contribution in [0.2, 0.25) is 0 Å². The molecule has 0 amide bonds. The summed E-state index contributed by atoms with van der Waals surface area (Å²) in [5, 5.41) is 2.58. The summed E-state index contributed by atoms with van der Waals surface area (Å²) in [4.78, 5) is 2.51. The molecule has 51 heavy (non-hydrogen) atoms. The van der Waals surface area contributed by atoms with Gasteiger partial charge in [-0.1, -0.05) is 155 Å². The van der Waals surface area contributed by atoms with Crippen LogP contribution in [0.3, 0.4) is 0 Å². The van der Waals surface area contributed by atoms with Gasteiger partial charge in [-0.25, -0.2) is 0 Å². The van der Waals surface area contributed by atoms with E-state index in [4.69, 9.17) is 0 Å².